The van der Waals surface area contributed by atoms with Crippen molar-refractivity contribution in [1.29, 1.82) is 0 Å². The Bertz CT molecular complexity index is 358. The number of hydrogen-bond donors (Lipinski definition) is 0. The third-order valence-corrected chi connectivity index (χ3v) is 1.92. The Kier molecular flexibility index (Phi) is 6.44. The summed E-state index contributed by atoms with van der Waals surface area (Å²) < 4.78 is 35.8. The molecule has 0 bridgehead atoms. The van der Waals surface area contributed by atoms with Crippen LogP contribution in [0.5, 0.6) is 0 Å². The summed E-state index contributed by atoms with van der Waals surface area (Å²) in [5, 5.41) is 0. The second kappa shape index (κ2) is 6.25. The molecule has 0 heterocycles. The molecule has 0 aromatic heterocycles. The van der Waals surface area contributed by atoms with Crippen molar-refractivity contribution in [1.82, 2.24) is 0 Å². The van der Waals surface area contributed by atoms with Crippen molar-refractivity contribution in [2.75, 3.05) is 0 Å². The maximum atomic E-state index is 11.9. The van der Waals surface area contributed by atoms with E-state index >= 15 is 0 Å². The summed E-state index contributed by atoms with van der Waals surface area (Å²) in [5.74, 6) is 0.317. The van der Waals surface area contributed by atoms with Crippen LogP contribution in [0.3, 0.4) is 0 Å². The molecule has 5 heteroatoms. The molecule has 0 fully saturated rings. The fourth-order valence-electron chi connectivity index (χ4n) is 1.23. The third-order valence-electron chi connectivity index (χ3n) is 1.92. The molecular formula is C10H11BF3K. The maximum absolute atomic E-state index is 11.9. The number of halogens is 3. The van der Waals surface area contributed by atoms with E-state index in [9.17, 15) is 12.9 Å². The van der Waals surface area contributed by atoms with Crippen molar-refractivity contribution in [2.45, 2.75) is 13.8 Å². The minimum atomic E-state index is -4.83. The predicted molar refractivity (Wildman–Crippen MR) is 54.0 cm³/mol. The van der Waals surface area contributed by atoms with E-state index in [0.717, 1.165) is 17.2 Å². The van der Waals surface area contributed by atoms with Crippen LogP contribution < -0.4 is 51.4 Å². The first-order valence-electron chi connectivity index (χ1n) is 4.35. The van der Waals surface area contributed by atoms with Crippen molar-refractivity contribution >= 4 is 13.1 Å². The third kappa shape index (κ3) is 5.92. The zero-order valence-corrected chi connectivity index (χ0v) is 12.2. The molecule has 0 unspecified atom stereocenters. The first-order valence-corrected chi connectivity index (χ1v) is 4.35. The molecule has 0 amide bonds. The van der Waals surface area contributed by atoms with Crippen LogP contribution >= 0.6 is 0 Å². The molecule has 0 radical (unpaired) electrons. The molecule has 1 aromatic carbocycles. The van der Waals surface area contributed by atoms with Gasteiger partial charge < -0.3 is 12.9 Å². The van der Waals surface area contributed by atoms with Gasteiger partial charge in [0.2, 0.25) is 0 Å². The van der Waals surface area contributed by atoms with Crippen LogP contribution in [-0.4, -0.2) is 6.98 Å². The van der Waals surface area contributed by atoms with Crippen LogP contribution in [0, 0.1) is 13.8 Å². The molecule has 0 saturated heterocycles. The van der Waals surface area contributed by atoms with E-state index < -0.39 is 6.98 Å². The average Bonchev–Trinajstić information content (AvgIpc) is 2.00. The minimum Gasteiger partial charge on any atom is -0.445 e. The molecule has 0 aliphatic heterocycles. The van der Waals surface area contributed by atoms with Crippen LogP contribution in [0.1, 0.15) is 16.7 Å². The Balaban J connectivity index is 0.00000196. The molecule has 1 rings (SSSR count). The Labute approximate surface area is 130 Å². The zero-order valence-electron chi connectivity index (χ0n) is 9.10. The fourth-order valence-corrected chi connectivity index (χ4v) is 1.23. The van der Waals surface area contributed by atoms with Gasteiger partial charge in [-0.15, -0.1) is 5.98 Å². The van der Waals surface area contributed by atoms with Gasteiger partial charge in [0.25, 0.3) is 0 Å². The van der Waals surface area contributed by atoms with Gasteiger partial charge in [-0.2, -0.15) is 0 Å². The summed E-state index contributed by atoms with van der Waals surface area (Å²) in [6, 6.07) is 5.36. The van der Waals surface area contributed by atoms with Crippen LogP contribution in [0.25, 0.3) is 6.08 Å². The number of hydrogen-bond acceptors (Lipinski definition) is 0. The summed E-state index contributed by atoms with van der Waals surface area (Å²) in [6.45, 7) is -1.12. The maximum Gasteiger partial charge on any atom is 1.00 e. The van der Waals surface area contributed by atoms with Gasteiger partial charge in [0.05, 0.1) is 0 Å². The van der Waals surface area contributed by atoms with Gasteiger partial charge in [0.15, 0.2) is 0 Å². The first-order chi connectivity index (χ1) is 6.38. The predicted octanol–water partition coefficient (Wildman–Crippen LogP) is 0.707. The SMILES string of the molecule is Cc1ccc(/C=C/[B-](F)(F)F)c(C)c1.[K+]. The molecule has 0 atom stereocenters. The number of aryl methyl sites for hydroxylation is 2. The average molecular weight is 238 g/mol. The Morgan fingerprint density at radius 1 is 1.13 bits per heavy atom. The van der Waals surface area contributed by atoms with E-state index in [4.69, 9.17) is 0 Å². The molecule has 76 valence electrons. The van der Waals surface area contributed by atoms with Gasteiger partial charge in [0.1, 0.15) is 0 Å². The van der Waals surface area contributed by atoms with E-state index in [0.29, 0.717) is 11.5 Å². The molecule has 0 aliphatic rings. The van der Waals surface area contributed by atoms with Crippen LogP contribution in [0.15, 0.2) is 24.2 Å². The molecule has 0 spiro atoms. The topological polar surface area (TPSA) is 0 Å². The number of benzene rings is 1. The van der Waals surface area contributed by atoms with Crippen LogP contribution in [-0.2, 0) is 0 Å². The normalized spacial score (nSPS) is 11.5. The second-order valence-corrected chi connectivity index (χ2v) is 3.34. The molecule has 0 aliphatic carbocycles. The van der Waals surface area contributed by atoms with Crippen molar-refractivity contribution in [3.8, 4) is 0 Å². The van der Waals surface area contributed by atoms with Gasteiger partial charge in [-0.1, -0.05) is 29.8 Å². The molecule has 15 heavy (non-hydrogen) atoms. The van der Waals surface area contributed by atoms with E-state index in [-0.39, 0.29) is 51.4 Å². The summed E-state index contributed by atoms with van der Waals surface area (Å²) in [5.41, 5.74) is 2.54. The van der Waals surface area contributed by atoms with Crippen LogP contribution in [0.2, 0.25) is 0 Å². The largest absolute Gasteiger partial charge is 1.00 e. The standard InChI is InChI=1S/C10H11BF3.K/c1-8-3-4-10(9(2)7-8)5-6-11(12,13)14;/h3-7H,1-2H3;/q-1;+1/b6-5+;. The minimum absolute atomic E-state index is 0. The summed E-state index contributed by atoms with van der Waals surface area (Å²) in [7, 11) is 0. The van der Waals surface area contributed by atoms with Crippen molar-refractivity contribution < 1.29 is 64.3 Å². The quantitative estimate of drug-likeness (QED) is 0.665. The van der Waals surface area contributed by atoms with Gasteiger partial charge in [0, 0.05) is 0 Å². The Morgan fingerprint density at radius 2 is 1.73 bits per heavy atom. The zero-order chi connectivity index (χ0) is 10.8. The van der Waals surface area contributed by atoms with E-state index in [1.807, 2.05) is 13.0 Å². The van der Waals surface area contributed by atoms with Crippen LogP contribution in [0.4, 0.5) is 12.9 Å². The van der Waals surface area contributed by atoms with Gasteiger partial charge in [-0.3, -0.25) is 0 Å². The Morgan fingerprint density at radius 3 is 2.20 bits per heavy atom. The molecular weight excluding hydrogens is 227 g/mol. The summed E-state index contributed by atoms with van der Waals surface area (Å²) in [6.07, 6.45) is 1.12. The van der Waals surface area contributed by atoms with E-state index in [2.05, 4.69) is 0 Å². The summed E-state index contributed by atoms with van der Waals surface area (Å²) >= 11 is 0. The molecule has 0 nitrogen and oxygen atoms in total. The van der Waals surface area contributed by atoms with Crippen molar-refractivity contribution in [3.63, 3.8) is 0 Å². The first kappa shape index (κ1) is 15.5. The molecule has 0 saturated carbocycles. The van der Waals surface area contributed by atoms with Crippen molar-refractivity contribution in [3.05, 3.63) is 40.9 Å². The molecule has 1 aromatic rings. The van der Waals surface area contributed by atoms with E-state index in [1.54, 1.807) is 19.1 Å². The second-order valence-electron chi connectivity index (χ2n) is 3.34. The van der Waals surface area contributed by atoms with Gasteiger partial charge >= 0.3 is 58.4 Å². The van der Waals surface area contributed by atoms with E-state index in [1.165, 1.54) is 0 Å². The molecule has 0 N–H and O–H groups in total. The number of rotatable bonds is 2. The summed E-state index contributed by atoms with van der Waals surface area (Å²) in [4.78, 5) is 0. The smallest absolute Gasteiger partial charge is 0.445 e. The van der Waals surface area contributed by atoms with Crippen molar-refractivity contribution in [2.24, 2.45) is 0 Å². The fraction of sp³-hybridized carbons (Fsp3) is 0.200. The van der Waals surface area contributed by atoms with Gasteiger partial charge in [-0.25, -0.2) is 0 Å². The Hall–Kier alpha value is 0.451. The van der Waals surface area contributed by atoms with Gasteiger partial charge in [-0.05, 0) is 25.0 Å². The monoisotopic (exact) mass is 238 g/mol.